The predicted octanol–water partition coefficient (Wildman–Crippen LogP) is 3.08. The van der Waals surface area contributed by atoms with E-state index in [0.717, 1.165) is 17.0 Å². The van der Waals surface area contributed by atoms with Gasteiger partial charge in [0.2, 0.25) is 0 Å². The fourth-order valence-corrected chi connectivity index (χ4v) is 1.72. The molecule has 3 heteroatoms. The van der Waals surface area contributed by atoms with Crippen molar-refractivity contribution >= 4 is 23.7 Å². The summed E-state index contributed by atoms with van der Waals surface area (Å²) in [6.07, 6.45) is 3.61. The van der Waals surface area contributed by atoms with Crippen LogP contribution in [-0.2, 0) is 4.79 Å². The third-order valence-corrected chi connectivity index (χ3v) is 3.03. The van der Waals surface area contributed by atoms with Crippen LogP contribution in [0.15, 0.2) is 11.0 Å². The summed E-state index contributed by atoms with van der Waals surface area (Å²) >= 11 is 1.65. The first-order valence-corrected chi connectivity index (χ1v) is 5.55. The Morgan fingerprint density at radius 1 is 1.71 bits per heavy atom. The maximum atomic E-state index is 10.3. The summed E-state index contributed by atoms with van der Waals surface area (Å²) in [5.74, 6) is 0.314. The molecule has 0 amide bonds. The summed E-state index contributed by atoms with van der Waals surface area (Å²) in [4.78, 5) is 14.7. The second-order valence-electron chi connectivity index (χ2n) is 3.48. The predicted molar refractivity (Wildman–Crippen MR) is 60.3 cm³/mol. The largest absolute Gasteiger partial charge is 0.303 e. The molecule has 0 aliphatic carbocycles. The number of hydrogen-bond acceptors (Lipinski definition) is 3. The van der Waals surface area contributed by atoms with Crippen molar-refractivity contribution < 1.29 is 4.79 Å². The standard InChI is InChI=1S/C11H15NOS/c1-8(4-5-13)9(2)6-11-7-14-10(3)12-11/h5-8H,4H2,1-3H3/b9-6+/t8-/m1/s1. The highest BCUT2D eigenvalue weighted by Crippen LogP contribution is 2.17. The monoisotopic (exact) mass is 209 g/mol. The zero-order valence-electron chi connectivity index (χ0n) is 8.78. The molecule has 1 atom stereocenters. The first-order chi connectivity index (χ1) is 6.63. The molecule has 0 N–H and O–H groups in total. The molecule has 1 aromatic rings. The van der Waals surface area contributed by atoms with Gasteiger partial charge < -0.3 is 4.79 Å². The van der Waals surface area contributed by atoms with E-state index in [-0.39, 0.29) is 0 Å². The molecular formula is C11H15NOS. The minimum Gasteiger partial charge on any atom is -0.303 e. The van der Waals surface area contributed by atoms with E-state index in [1.165, 1.54) is 5.57 Å². The third-order valence-electron chi connectivity index (χ3n) is 2.24. The number of hydrogen-bond donors (Lipinski definition) is 0. The topological polar surface area (TPSA) is 30.0 Å². The number of aromatic nitrogens is 1. The zero-order chi connectivity index (χ0) is 10.6. The number of aryl methyl sites for hydroxylation is 1. The van der Waals surface area contributed by atoms with Gasteiger partial charge in [-0.05, 0) is 25.8 Å². The van der Waals surface area contributed by atoms with Gasteiger partial charge in [0.25, 0.3) is 0 Å². The summed E-state index contributed by atoms with van der Waals surface area (Å²) in [7, 11) is 0. The molecule has 0 aliphatic heterocycles. The lowest BCUT2D eigenvalue weighted by Gasteiger charge is -2.06. The summed E-state index contributed by atoms with van der Waals surface area (Å²) in [6.45, 7) is 6.09. The van der Waals surface area contributed by atoms with E-state index >= 15 is 0 Å². The van der Waals surface area contributed by atoms with Crippen molar-refractivity contribution in [2.45, 2.75) is 27.2 Å². The summed E-state index contributed by atoms with van der Waals surface area (Å²) in [6, 6.07) is 0. The number of carbonyl (C=O) groups excluding carboxylic acids is 1. The van der Waals surface area contributed by atoms with Crippen LogP contribution in [0.25, 0.3) is 6.08 Å². The van der Waals surface area contributed by atoms with Crippen LogP contribution in [0.3, 0.4) is 0 Å². The second-order valence-corrected chi connectivity index (χ2v) is 4.55. The second kappa shape index (κ2) is 5.05. The van der Waals surface area contributed by atoms with Crippen LogP contribution in [0.5, 0.6) is 0 Å². The lowest BCUT2D eigenvalue weighted by molar-refractivity contribution is -0.108. The minimum absolute atomic E-state index is 0.314. The van der Waals surface area contributed by atoms with Crippen molar-refractivity contribution in [3.05, 3.63) is 21.7 Å². The molecular weight excluding hydrogens is 194 g/mol. The molecule has 0 aromatic carbocycles. The molecule has 0 aliphatic rings. The Bertz CT molecular complexity index is 341. The summed E-state index contributed by atoms with van der Waals surface area (Å²) in [5.41, 5.74) is 2.21. The highest BCUT2D eigenvalue weighted by Gasteiger charge is 2.04. The van der Waals surface area contributed by atoms with E-state index in [4.69, 9.17) is 0 Å². The van der Waals surface area contributed by atoms with Gasteiger partial charge in [0.1, 0.15) is 6.29 Å². The Kier molecular flexibility index (Phi) is 4.01. The maximum absolute atomic E-state index is 10.3. The van der Waals surface area contributed by atoms with Crippen LogP contribution in [0, 0.1) is 12.8 Å². The Balaban J connectivity index is 2.72. The first-order valence-electron chi connectivity index (χ1n) is 4.67. The lowest BCUT2D eigenvalue weighted by Crippen LogP contribution is -1.96. The first kappa shape index (κ1) is 11.1. The number of nitrogens with zero attached hydrogens (tertiary/aromatic N) is 1. The SMILES string of the molecule is C/C(=C\c1csc(C)n1)[C@H](C)CC=O. The van der Waals surface area contributed by atoms with Crippen molar-refractivity contribution in [1.82, 2.24) is 4.98 Å². The van der Waals surface area contributed by atoms with E-state index in [0.29, 0.717) is 12.3 Å². The van der Waals surface area contributed by atoms with Gasteiger partial charge >= 0.3 is 0 Å². The van der Waals surface area contributed by atoms with Crippen LogP contribution in [0.1, 0.15) is 31.0 Å². The van der Waals surface area contributed by atoms with Crippen molar-refractivity contribution in [2.75, 3.05) is 0 Å². The average Bonchev–Trinajstić information content (AvgIpc) is 2.51. The molecule has 0 bridgehead atoms. The van der Waals surface area contributed by atoms with Crippen molar-refractivity contribution in [1.29, 1.82) is 0 Å². The van der Waals surface area contributed by atoms with Gasteiger partial charge in [0.15, 0.2) is 0 Å². The molecule has 0 spiro atoms. The molecule has 0 radical (unpaired) electrons. The number of aldehydes is 1. The maximum Gasteiger partial charge on any atom is 0.120 e. The fraction of sp³-hybridized carbons (Fsp3) is 0.455. The Labute approximate surface area is 88.7 Å². The van der Waals surface area contributed by atoms with Crippen LogP contribution in [0.4, 0.5) is 0 Å². The van der Waals surface area contributed by atoms with Gasteiger partial charge in [-0.15, -0.1) is 11.3 Å². The molecule has 1 rings (SSSR count). The third kappa shape index (κ3) is 3.07. The number of carbonyl (C=O) groups is 1. The van der Waals surface area contributed by atoms with Crippen LogP contribution in [0.2, 0.25) is 0 Å². The van der Waals surface area contributed by atoms with Gasteiger partial charge in [0.05, 0.1) is 10.7 Å². The van der Waals surface area contributed by atoms with Gasteiger partial charge in [-0.25, -0.2) is 4.98 Å². The van der Waals surface area contributed by atoms with E-state index < -0.39 is 0 Å². The molecule has 0 saturated carbocycles. The van der Waals surface area contributed by atoms with E-state index in [1.807, 2.05) is 19.2 Å². The molecule has 1 aromatic heterocycles. The van der Waals surface area contributed by atoms with Gasteiger partial charge in [-0.1, -0.05) is 12.5 Å². The van der Waals surface area contributed by atoms with Crippen molar-refractivity contribution in [3.8, 4) is 0 Å². The molecule has 0 unspecified atom stereocenters. The molecule has 1 heterocycles. The number of rotatable bonds is 4. The van der Waals surface area contributed by atoms with E-state index in [1.54, 1.807) is 11.3 Å². The van der Waals surface area contributed by atoms with Crippen molar-refractivity contribution in [3.63, 3.8) is 0 Å². The van der Waals surface area contributed by atoms with Gasteiger partial charge in [-0.2, -0.15) is 0 Å². The summed E-state index contributed by atoms with van der Waals surface area (Å²) < 4.78 is 0. The Morgan fingerprint density at radius 3 is 2.93 bits per heavy atom. The van der Waals surface area contributed by atoms with Gasteiger partial charge in [0, 0.05) is 11.8 Å². The number of thiazole rings is 1. The Hall–Kier alpha value is -0.960. The van der Waals surface area contributed by atoms with Gasteiger partial charge in [-0.3, -0.25) is 0 Å². The average molecular weight is 209 g/mol. The van der Waals surface area contributed by atoms with E-state index in [9.17, 15) is 4.79 Å². The van der Waals surface area contributed by atoms with Crippen LogP contribution < -0.4 is 0 Å². The molecule has 76 valence electrons. The van der Waals surface area contributed by atoms with Crippen molar-refractivity contribution in [2.24, 2.45) is 5.92 Å². The highest BCUT2D eigenvalue weighted by molar-refractivity contribution is 7.09. The molecule has 0 saturated heterocycles. The smallest absolute Gasteiger partial charge is 0.120 e. The molecule has 0 fully saturated rings. The van der Waals surface area contributed by atoms with Crippen LogP contribution in [-0.4, -0.2) is 11.3 Å². The highest BCUT2D eigenvalue weighted by atomic mass is 32.1. The summed E-state index contributed by atoms with van der Waals surface area (Å²) in [5, 5.41) is 3.11. The lowest BCUT2D eigenvalue weighted by atomic mass is 9.99. The molecule has 14 heavy (non-hydrogen) atoms. The quantitative estimate of drug-likeness (QED) is 0.713. The molecule has 2 nitrogen and oxygen atoms in total. The van der Waals surface area contributed by atoms with E-state index in [2.05, 4.69) is 18.0 Å². The van der Waals surface area contributed by atoms with Crippen LogP contribution >= 0.6 is 11.3 Å². The number of allylic oxidation sites excluding steroid dienone is 1. The minimum atomic E-state index is 0.314. The zero-order valence-corrected chi connectivity index (χ0v) is 9.60. The fourth-order valence-electron chi connectivity index (χ4n) is 1.15. The normalized spacial score (nSPS) is 14.1. The Morgan fingerprint density at radius 2 is 2.43 bits per heavy atom.